The van der Waals surface area contributed by atoms with Gasteiger partial charge < -0.3 is 4.18 Å². The third-order valence-electron chi connectivity index (χ3n) is 2.13. The predicted molar refractivity (Wildman–Crippen MR) is 68.4 cm³/mol. The first-order valence-corrected chi connectivity index (χ1v) is 6.93. The van der Waals surface area contributed by atoms with Gasteiger partial charge >= 0.3 is 10.3 Å². The van der Waals surface area contributed by atoms with Crippen LogP contribution in [0.3, 0.4) is 0 Å². The zero-order valence-corrected chi connectivity index (χ0v) is 11.5. The van der Waals surface area contributed by atoms with Gasteiger partial charge in [0, 0.05) is 12.4 Å². The van der Waals surface area contributed by atoms with Crippen LogP contribution >= 0.6 is 23.2 Å². The van der Waals surface area contributed by atoms with E-state index in [1.165, 1.54) is 31.5 Å². The summed E-state index contributed by atoms with van der Waals surface area (Å²) in [6.45, 7) is 1.54. The second-order valence-electron chi connectivity index (χ2n) is 3.36. The Morgan fingerprint density at radius 2 is 1.89 bits per heavy atom. The quantitative estimate of drug-likeness (QED) is 0.874. The van der Waals surface area contributed by atoms with E-state index in [2.05, 4.69) is 4.98 Å². The second kappa shape index (κ2) is 4.79. The average molecular weight is 307 g/mol. The van der Waals surface area contributed by atoms with E-state index in [4.69, 9.17) is 27.4 Å². The number of aromatic nitrogens is 2. The van der Waals surface area contributed by atoms with Gasteiger partial charge in [-0.1, -0.05) is 29.3 Å². The highest BCUT2D eigenvalue weighted by Crippen LogP contribution is 2.33. The Balaban J connectivity index is 2.44. The molecule has 0 saturated heterocycles. The van der Waals surface area contributed by atoms with Crippen molar-refractivity contribution in [3.63, 3.8) is 0 Å². The number of aryl methyl sites for hydroxylation is 1. The molecule has 0 aliphatic heterocycles. The Hall–Kier alpha value is -1.24. The first kappa shape index (κ1) is 13.2. The van der Waals surface area contributed by atoms with E-state index in [1.807, 2.05) is 0 Å². The molecule has 2 rings (SSSR count). The van der Waals surface area contributed by atoms with E-state index < -0.39 is 10.3 Å². The third-order valence-corrected chi connectivity index (χ3v) is 3.97. The Kier molecular flexibility index (Phi) is 3.52. The fourth-order valence-electron chi connectivity index (χ4n) is 1.31. The number of halogens is 2. The summed E-state index contributed by atoms with van der Waals surface area (Å²) in [5, 5.41) is 0.229. The van der Waals surface area contributed by atoms with Gasteiger partial charge in [0.05, 0.1) is 10.0 Å². The summed E-state index contributed by atoms with van der Waals surface area (Å²) < 4.78 is 29.8. The van der Waals surface area contributed by atoms with Crippen molar-refractivity contribution in [2.45, 2.75) is 6.92 Å². The van der Waals surface area contributed by atoms with Gasteiger partial charge in [0.1, 0.15) is 5.82 Å². The minimum atomic E-state index is -4.06. The third kappa shape index (κ3) is 2.45. The van der Waals surface area contributed by atoms with Crippen LogP contribution in [0.1, 0.15) is 5.82 Å². The number of hydrogen-bond acceptors (Lipinski definition) is 4. The van der Waals surface area contributed by atoms with E-state index in [0.717, 1.165) is 3.97 Å². The van der Waals surface area contributed by atoms with Crippen molar-refractivity contribution in [2.75, 3.05) is 0 Å². The van der Waals surface area contributed by atoms with Crippen LogP contribution in [-0.4, -0.2) is 17.4 Å². The maximum Gasteiger partial charge on any atom is 0.414 e. The Bertz CT molecular complexity index is 662. The minimum Gasteiger partial charge on any atom is -0.363 e. The Morgan fingerprint density at radius 3 is 2.39 bits per heavy atom. The number of rotatable bonds is 3. The molecular weight excluding hydrogens is 299 g/mol. The summed E-state index contributed by atoms with van der Waals surface area (Å²) in [6, 6.07) is 4.56. The van der Waals surface area contributed by atoms with Crippen LogP contribution in [0.2, 0.25) is 10.0 Å². The Morgan fingerprint density at radius 1 is 1.28 bits per heavy atom. The molecule has 0 bridgehead atoms. The van der Waals surface area contributed by atoms with Gasteiger partial charge in [-0.3, -0.25) is 0 Å². The highest BCUT2D eigenvalue weighted by Gasteiger charge is 2.20. The predicted octanol–water partition coefficient (Wildman–Crippen LogP) is 2.67. The standard InChI is InChI=1S/C10H8Cl2N2O3S/c1-7-13-5-6-14(7)18(15,16)17-10-8(11)3-2-4-9(10)12/h2-6H,1H3. The van der Waals surface area contributed by atoms with Crippen molar-refractivity contribution in [2.24, 2.45) is 0 Å². The smallest absolute Gasteiger partial charge is 0.363 e. The summed E-state index contributed by atoms with van der Waals surface area (Å²) in [7, 11) is -4.06. The fraction of sp³-hybridized carbons (Fsp3) is 0.100. The van der Waals surface area contributed by atoms with Crippen LogP contribution in [0.25, 0.3) is 0 Å². The first-order valence-electron chi connectivity index (χ1n) is 4.81. The molecule has 0 saturated carbocycles. The monoisotopic (exact) mass is 306 g/mol. The molecule has 0 aliphatic rings. The molecule has 1 aromatic carbocycles. The molecule has 2 aromatic rings. The summed E-state index contributed by atoms with van der Waals surface area (Å²) in [5.41, 5.74) is 0. The molecule has 18 heavy (non-hydrogen) atoms. The first-order chi connectivity index (χ1) is 8.42. The number of para-hydroxylation sites is 1. The Labute approximate surface area is 114 Å². The van der Waals surface area contributed by atoms with Gasteiger partial charge in [0.15, 0.2) is 5.75 Å². The second-order valence-corrected chi connectivity index (χ2v) is 5.59. The van der Waals surface area contributed by atoms with E-state index in [9.17, 15) is 8.42 Å². The molecule has 0 fully saturated rings. The van der Waals surface area contributed by atoms with Crippen LogP contribution < -0.4 is 4.18 Å². The van der Waals surface area contributed by atoms with Crippen LogP contribution in [-0.2, 0) is 10.3 Å². The zero-order chi connectivity index (χ0) is 13.3. The van der Waals surface area contributed by atoms with Gasteiger partial charge in [0.25, 0.3) is 0 Å². The lowest BCUT2D eigenvalue weighted by Crippen LogP contribution is -2.20. The lowest BCUT2D eigenvalue weighted by molar-refractivity contribution is 0.475. The van der Waals surface area contributed by atoms with Crippen molar-refractivity contribution < 1.29 is 12.6 Å². The fourth-order valence-corrected chi connectivity index (χ4v) is 2.92. The molecule has 0 spiro atoms. The summed E-state index contributed by atoms with van der Waals surface area (Å²) in [4.78, 5) is 3.81. The van der Waals surface area contributed by atoms with Crippen LogP contribution in [0.4, 0.5) is 0 Å². The number of imidazole rings is 1. The highest BCUT2D eigenvalue weighted by molar-refractivity contribution is 7.85. The SMILES string of the molecule is Cc1nccn1S(=O)(=O)Oc1c(Cl)cccc1Cl. The van der Waals surface area contributed by atoms with Crippen LogP contribution in [0.15, 0.2) is 30.6 Å². The van der Waals surface area contributed by atoms with Gasteiger partial charge in [-0.15, -0.1) is 0 Å². The molecular formula is C10H8Cl2N2O3S. The maximum atomic E-state index is 12.0. The molecule has 0 radical (unpaired) electrons. The molecule has 1 heterocycles. The topological polar surface area (TPSA) is 61.2 Å². The number of benzene rings is 1. The molecule has 8 heteroatoms. The van der Waals surface area contributed by atoms with E-state index in [-0.39, 0.29) is 21.6 Å². The molecule has 0 N–H and O–H groups in total. The minimum absolute atomic E-state index is 0.103. The number of hydrogen-bond donors (Lipinski definition) is 0. The molecule has 5 nitrogen and oxygen atoms in total. The molecule has 0 aliphatic carbocycles. The van der Waals surface area contributed by atoms with Gasteiger partial charge in [-0.25, -0.2) is 4.98 Å². The lowest BCUT2D eigenvalue weighted by Gasteiger charge is -2.10. The largest absolute Gasteiger partial charge is 0.414 e. The molecule has 0 atom stereocenters. The summed E-state index contributed by atoms with van der Waals surface area (Å²) in [6.07, 6.45) is 2.62. The lowest BCUT2D eigenvalue weighted by atomic mass is 10.3. The van der Waals surface area contributed by atoms with Gasteiger partial charge in [-0.2, -0.15) is 12.4 Å². The van der Waals surface area contributed by atoms with Crippen molar-refractivity contribution in [1.29, 1.82) is 0 Å². The maximum absolute atomic E-state index is 12.0. The van der Waals surface area contributed by atoms with Gasteiger partial charge in [0.2, 0.25) is 0 Å². The number of nitrogens with zero attached hydrogens (tertiary/aromatic N) is 2. The normalized spacial score (nSPS) is 11.5. The molecule has 1 aromatic heterocycles. The van der Waals surface area contributed by atoms with E-state index in [1.54, 1.807) is 6.07 Å². The molecule has 96 valence electrons. The van der Waals surface area contributed by atoms with E-state index in [0.29, 0.717) is 0 Å². The van der Waals surface area contributed by atoms with Crippen molar-refractivity contribution in [3.8, 4) is 5.75 Å². The van der Waals surface area contributed by atoms with Crippen molar-refractivity contribution in [3.05, 3.63) is 46.5 Å². The van der Waals surface area contributed by atoms with Crippen molar-refractivity contribution in [1.82, 2.24) is 8.96 Å². The zero-order valence-electron chi connectivity index (χ0n) is 9.17. The summed E-state index contributed by atoms with van der Waals surface area (Å²) in [5.74, 6) is 0.173. The van der Waals surface area contributed by atoms with Crippen LogP contribution in [0.5, 0.6) is 5.75 Å². The van der Waals surface area contributed by atoms with Gasteiger partial charge in [-0.05, 0) is 19.1 Å². The highest BCUT2D eigenvalue weighted by atomic mass is 35.5. The van der Waals surface area contributed by atoms with Crippen molar-refractivity contribution >= 4 is 33.5 Å². The average Bonchev–Trinajstić information content (AvgIpc) is 2.71. The summed E-state index contributed by atoms with van der Waals surface area (Å²) >= 11 is 11.7. The molecule has 0 unspecified atom stereocenters. The molecule has 0 amide bonds. The van der Waals surface area contributed by atoms with Crippen LogP contribution in [0, 0.1) is 6.92 Å². The van der Waals surface area contributed by atoms with E-state index >= 15 is 0 Å².